The first-order valence-electron chi connectivity index (χ1n) is 7.64. The molecule has 3 N–H and O–H groups in total. The van der Waals surface area contributed by atoms with Crippen LogP contribution in [0.1, 0.15) is 37.7 Å². The van der Waals surface area contributed by atoms with Gasteiger partial charge < -0.3 is 25.0 Å². The Labute approximate surface area is 134 Å². The van der Waals surface area contributed by atoms with E-state index < -0.39 is 11.9 Å². The highest BCUT2D eigenvalue weighted by molar-refractivity contribution is 6.27. The van der Waals surface area contributed by atoms with Gasteiger partial charge in [-0.3, -0.25) is 0 Å². The Morgan fingerprint density at radius 2 is 1.70 bits per heavy atom. The van der Waals surface area contributed by atoms with E-state index in [1.807, 2.05) is 6.07 Å². The molecule has 0 atom stereocenters. The van der Waals surface area contributed by atoms with Gasteiger partial charge in [-0.25, -0.2) is 9.59 Å². The first kappa shape index (κ1) is 17.1. The van der Waals surface area contributed by atoms with Crippen LogP contribution in [0.25, 0.3) is 0 Å². The molecule has 3 rings (SSSR count). The summed E-state index contributed by atoms with van der Waals surface area (Å²) >= 11 is 0. The Kier molecular flexibility index (Phi) is 6.22. The third kappa shape index (κ3) is 5.45. The van der Waals surface area contributed by atoms with Crippen molar-refractivity contribution < 1.29 is 29.3 Å². The first-order chi connectivity index (χ1) is 11.1. The normalized spacial score (nSPS) is 16.3. The molecule has 0 spiro atoms. The molecule has 0 saturated heterocycles. The summed E-state index contributed by atoms with van der Waals surface area (Å²) in [7, 11) is 0. The lowest BCUT2D eigenvalue weighted by molar-refractivity contribution is -0.159. The molecular weight excluding hydrogens is 302 g/mol. The maximum Gasteiger partial charge on any atom is 0.414 e. The van der Waals surface area contributed by atoms with E-state index in [4.69, 9.17) is 29.3 Å². The summed E-state index contributed by atoms with van der Waals surface area (Å²) in [6.45, 7) is 1.29. The highest BCUT2D eigenvalue weighted by Crippen LogP contribution is 2.32. The van der Waals surface area contributed by atoms with Crippen molar-refractivity contribution in [2.24, 2.45) is 0 Å². The fourth-order valence-electron chi connectivity index (χ4n) is 2.62. The van der Waals surface area contributed by atoms with Crippen molar-refractivity contribution >= 4 is 11.9 Å². The highest BCUT2D eigenvalue weighted by atomic mass is 16.7. The minimum absolute atomic E-state index is 0.356. The quantitative estimate of drug-likeness (QED) is 0.731. The van der Waals surface area contributed by atoms with Crippen LogP contribution in [0.3, 0.4) is 0 Å². The molecule has 2 aliphatic rings. The monoisotopic (exact) mass is 323 g/mol. The molecule has 0 unspecified atom stereocenters. The predicted molar refractivity (Wildman–Crippen MR) is 81.5 cm³/mol. The largest absolute Gasteiger partial charge is 0.473 e. The first-order valence-corrected chi connectivity index (χ1v) is 7.64. The van der Waals surface area contributed by atoms with Gasteiger partial charge in [-0.05, 0) is 30.5 Å². The maximum atomic E-state index is 9.10. The van der Waals surface area contributed by atoms with Crippen molar-refractivity contribution in [3.8, 4) is 11.5 Å². The van der Waals surface area contributed by atoms with Gasteiger partial charge in [-0.1, -0.05) is 25.3 Å². The van der Waals surface area contributed by atoms with Crippen molar-refractivity contribution in [1.29, 1.82) is 0 Å². The Bertz CT molecular complexity index is 542. The van der Waals surface area contributed by atoms with E-state index in [2.05, 4.69) is 17.4 Å². The number of aliphatic carboxylic acids is 2. The molecule has 1 aliphatic carbocycles. The minimum Gasteiger partial charge on any atom is -0.473 e. The van der Waals surface area contributed by atoms with Crippen LogP contribution in [0.2, 0.25) is 0 Å². The minimum atomic E-state index is -1.82. The number of hydrogen-bond donors (Lipinski definition) is 3. The summed E-state index contributed by atoms with van der Waals surface area (Å²) in [4.78, 5) is 18.2. The number of carbonyl (C=O) groups is 2. The van der Waals surface area contributed by atoms with Gasteiger partial charge in [-0.2, -0.15) is 0 Å². The maximum absolute atomic E-state index is 9.10. The number of ether oxygens (including phenoxy) is 2. The summed E-state index contributed by atoms with van der Waals surface area (Å²) in [5, 5.41) is 18.4. The van der Waals surface area contributed by atoms with Gasteiger partial charge in [-0.15, -0.1) is 0 Å². The molecule has 1 fully saturated rings. The zero-order valence-electron chi connectivity index (χ0n) is 12.8. The summed E-state index contributed by atoms with van der Waals surface area (Å²) in [5.41, 5.74) is 1.28. The van der Waals surface area contributed by atoms with E-state index in [9.17, 15) is 0 Å². The standard InChI is InChI=1S/C14H19NO2.C2H2O4/c1-2-4-12(5-3-1)15-9-11-6-7-13-14(8-11)17-10-16-13;3-1(4)2(5)6/h6-8,12,15H,1-5,9-10H2;(H,3,4)(H,5,6). The van der Waals surface area contributed by atoms with Crippen molar-refractivity contribution in [3.63, 3.8) is 0 Å². The Morgan fingerprint density at radius 3 is 2.35 bits per heavy atom. The van der Waals surface area contributed by atoms with Crippen LogP contribution in [-0.2, 0) is 16.1 Å². The lowest BCUT2D eigenvalue weighted by atomic mass is 9.95. The van der Waals surface area contributed by atoms with E-state index in [-0.39, 0.29) is 0 Å². The summed E-state index contributed by atoms with van der Waals surface area (Å²) in [6.07, 6.45) is 6.80. The SMILES string of the molecule is O=C(O)C(=O)O.c1cc2c(cc1CNC1CCCCC1)OCO2. The fourth-order valence-corrected chi connectivity index (χ4v) is 2.62. The number of benzene rings is 1. The lowest BCUT2D eigenvalue weighted by Gasteiger charge is -2.22. The molecule has 0 aromatic heterocycles. The van der Waals surface area contributed by atoms with Crippen LogP contribution in [0.4, 0.5) is 0 Å². The van der Waals surface area contributed by atoms with Gasteiger partial charge in [0.05, 0.1) is 0 Å². The fraction of sp³-hybridized carbons (Fsp3) is 0.500. The molecule has 0 amide bonds. The molecule has 1 heterocycles. The molecule has 23 heavy (non-hydrogen) atoms. The number of rotatable bonds is 3. The Morgan fingerprint density at radius 1 is 1.04 bits per heavy atom. The van der Waals surface area contributed by atoms with Crippen molar-refractivity contribution in [1.82, 2.24) is 5.32 Å². The highest BCUT2D eigenvalue weighted by Gasteiger charge is 2.15. The summed E-state index contributed by atoms with van der Waals surface area (Å²) in [5.74, 6) is -1.90. The molecule has 1 aliphatic heterocycles. The average molecular weight is 323 g/mol. The zero-order chi connectivity index (χ0) is 16.7. The van der Waals surface area contributed by atoms with Gasteiger partial charge in [0.15, 0.2) is 11.5 Å². The smallest absolute Gasteiger partial charge is 0.414 e. The molecule has 126 valence electrons. The van der Waals surface area contributed by atoms with E-state index in [0.717, 1.165) is 18.0 Å². The van der Waals surface area contributed by atoms with Crippen LogP contribution in [0.15, 0.2) is 18.2 Å². The van der Waals surface area contributed by atoms with Crippen LogP contribution < -0.4 is 14.8 Å². The van der Waals surface area contributed by atoms with E-state index in [1.165, 1.54) is 37.7 Å². The molecule has 1 saturated carbocycles. The van der Waals surface area contributed by atoms with Gasteiger partial charge >= 0.3 is 11.9 Å². The third-order valence-electron chi connectivity index (χ3n) is 3.82. The van der Waals surface area contributed by atoms with Crippen LogP contribution in [-0.4, -0.2) is 35.0 Å². The topological polar surface area (TPSA) is 105 Å². The van der Waals surface area contributed by atoms with Crippen molar-refractivity contribution in [3.05, 3.63) is 23.8 Å². The second-order valence-electron chi connectivity index (χ2n) is 5.51. The molecule has 7 heteroatoms. The van der Waals surface area contributed by atoms with Gasteiger partial charge in [0.25, 0.3) is 0 Å². The molecule has 1 aromatic carbocycles. The second-order valence-corrected chi connectivity index (χ2v) is 5.51. The molecular formula is C16H21NO6. The number of carboxylic acids is 2. The molecule has 1 aromatic rings. The third-order valence-corrected chi connectivity index (χ3v) is 3.82. The second kappa shape index (κ2) is 8.38. The van der Waals surface area contributed by atoms with Crippen molar-refractivity contribution in [2.75, 3.05) is 6.79 Å². The van der Waals surface area contributed by atoms with E-state index in [0.29, 0.717) is 12.8 Å². The van der Waals surface area contributed by atoms with Gasteiger partial charge in [0.1, 0.15) is 0 Å². The molecule has 0 bridgehead atoms. The number of nitrogens with one attached hydrogen (secondary N) is 1. The van der Waals surface area contributed by atoms with Crippen LogP contribution in [0, 0.1) is 0 Å². The lowest BCUT2D eigenvalue weighted by Crippen LogP contribution is -2.30. The Balaban J connectivity index is 0.000000277. The van der Waals surface area contributed by atoms with Crippen molar-refractivity contribution in [2.45, 2.75) is 44.7 Å². The number of carboxylic acid groups (broad SMARTS) is 2. The number of fused-ring (bicyclic) bond motifs is 1. The van der Waals surface area contributed by atoms with Crippen LogP contribution in [0.5, 0.6) is 11.5 Å². The zero-order valence-corrected chi connectivity index (χ0v) is 12.8. The van der Waals surface area contributed by atoms with Gasteiger partial charge in [0, 0.05) is 12.6 Å². The van der Waals surface area contributed by atoms with Crippen LogP contribution >= 0.6 is 0 Å². The van der Waals surface area contributed by atoms with E-state index >= 15 is 0 Å². The predicted octanol–water partition coefficient (Wildman–Crippen LogP) is 1.99. The summed E-state index contributed by atoms with van der Waals surface area (Å²) < 4.78 is 10.7. The average Bonchev–Trinajstić information content (AvgIpc) is 3.02. The van der Waals surface area contributed by atoms with E-state index in [1.54, 1.807) is 0 Å². The van der Waals surface area contributed by atoms with Gasteiger partial charge in [0.2, 0.25) is 6.79 Å². The number of hydrogen-bond acceptors (Lipinski definition) is 5. The molecule has 7 nitrogen and oxygen atoms in total. The molecule has 0 radical (unpaired) electrons. The summed E-state index contributed by atoms with van der Waals surface area (Å²) in [6, 6.07) is 6.90. The Hall–Kier alpha value is -2.28.